The van der Waals surface area contributed by atoms with Crippen molar-refractivity contribution in [2.75, 3.05) is 18.4 Å². The van der Waals surface area contributed by atoms with Crippen LogP contribution in [0.25, 0.3) is 0 Å². The highest BCUT2D eigenvalue weighted by Gasteiger charge is 2.16. The quantitative estimate of drug-likeness (QED) is 0.681. The van der Waals surface area contributed by atoms with Crippen LogP contribution in [-0.2, 0) is 4.79 Å². The lowest BCUT2D eigenvalue weighted by molar-refractivity contribution is -0.112. The van der Waals surface area contributed by atoms with E-state index in [1.54, 1.807) is 18.3 Å². The van der Waals surface area contributed by atoms with Crippen LogP contribution >= 0.6 is 0 Å². The third-order valence-electron chi connectivity index (χ3n) is 2.36. The first-order valence-electron chi connectivity index (χ1n) is 4.76. The Morgan fingerprint density at radius 2 is 2.33 bits per heavy atom. The first-order valence-corrected chi connectivity index (χ1v) is 4.76. The lowest BCUT2D eigenvalue weighted by atomic mass is 10.0. The Bertz CT molecular complexity index is 393. The molecule has 1 amide bonds. The van der Waals surface area contributed by atoms with Crippen molar-refractivity contribution in [1.82, 2.24) is 15.5 Å². The Balaban J connectivity index is 2.04. The molecule has 5 heteroatoms. The topological polar surface area (TPSA) is 66.9 Å². The van der Waals surface area contributed by atoms with Gasteiger partial charge in [-0.15, -0.1) is 5.10 Å². The summed E-state index contributed by atoms with van der Waals surface area (Å²) in [5.41, 5.74) is 1.91. The summed E-state index contributed by atoms with van der Waals surface area (Å²) in [4.78, 5) is 11.7. The number of amides is 1. The predicted octanol–water partition coefficient (Wildman–Crippen LogP) is 0.335. The smallest absolute Gasteiger partial charge is 0.252 e. The summed E-state index contributed by atoms with van der Waals surface area (Å²) in [6, 6.07) is 3.44. The van der Waals surface area contributed by atoms with Crippen molar-refractivity contribution in [2.45, 2.75) is 6.92 Å². The molecule has 1 aromatic rings. The summed E-state index contributed by atoms with van der Waals surface area (Å²) >= 11 is 0. The van der Waals surface area contributed by atoms with E-state index in [1.165, 1.54) is 0 Å². The second kappa shape index (κ2) is 4.18. The highest BCUT2D eigenvalue weighted by atomic mass is 16.1. The minimum Gasteiger partial charge on any atom is -0.309 e. The van der Waals surface area contributed by atoms with Crippen molar-refractivity contribution in [1.29, 1.82) is 0 Å². The van der Waals surface area contributed by atoms with Gasteiger partial charge in [-0.25, -0.2) is 0 Å². The average Bonchev–Trinajstić information content (AvgIpc) is 2.16. The van der Waals surface area contributed by atoms with Gasteiger partial charge >= 0.3 is 0 Å². The van der Waals surface area contributed by atoms with E-state index in [9.17, 15) is 4.79 Å². The monoisotopic (exact) mass is 204 g/mol. The fraction of sp³-hybridized carbons (Fsp3) is 0.300. The van der Waals surface area contributed by atoms with Crippen LogP contribution in [0.4, 0.5) is 5.82 Å². The van der Waals surface area contributed by atoms with Crippen molar-refractivity contribution in [2.24, 2.45) is 0 Å². The molecule has 1 aliphatic rings. The summed E-state index contributed by atoms with van der Waals surface area (Å²) in [5, 5.41) is 13.3. The summed E-state index contributed by atoms with van der Waals surface area (Å²) in [7, 11) is 0. The van der Waals surface area contributed by atoms with Crippen LogP contribution in [0.1, 0.15) is 6.92 Å². The largest absolute Gasteiger partial charge is 0.309 e. The Labute approximate surface area is 87.6 Å². The van der Waals surface area contributed by atoms with E-state index < -0.39 is 0 Å². The maximum absolute atomic E-state index is 11.7. The summed E-state index contributed by atoms with van der Waals surface area (Å²) in [6.45, 7) is 3.43. The van der Waals surface area contributed by atoms with E-state index in [-0.39, 0.29) is 5.91 Å². The number of carbonyl (C=O) groups excluding carboxylic acids is 1. The summed E-state index contributed by atoms with van der Waals surface area (Å²) < 4.78 is 0. The van der Waals surface area contributed by atoms with Gasteiger partial charge < -0.3 is 10.6 Å². The number of nitrogens with zero attached hydrogens (tertiary/aromatic N) is 2. The maximum Gasteiger partial charge on any atom is 0.252 e. The van der Waals surface area contributed by atoms with Crippen molar-refractivity contribution < 1.29 is 4.79 Å². The van der Waals surface area contributed by atoms with Crippen molar-refractivity contribution in [3.8, 4) is 0 Å². The zero-order valence-electron chi connectivity index (χ0n) is 8.45. The van der Waals surface area contributed by atoms with Crippen LogP contribution in [0.15, 0.2) is 29.5 Å². The van der Waals surface area contributed by atoms with Gasteiger partial charge in [-0.2, -0.15) is 5.10 Å². The molecule has 2 N–H and O–H groups in total. The number of hydrogen-bond acceptors (Lipinski definition) is 4. The molecule has 78 valence electrons. The van der Waals surface area contributed by atoms with Crippen LogP contribution in [-0.4, -0.2) is 29.2 Å². The normalized spacial score (nSPS) is 14.3. The molecule has 1 aliphatic heterocycles. The van der Waals surface area contributed by atoms with Gasteiger partial charge in [-0.1, -0.05) is 0 Å². The third kappa shape index (κ3) is 2.19. The van der Waals surface area contributed by atoms with E-state index in [0.717, 1.165) is 24.2 Å². The second-order valence-corrected chi connectivity index (χ2v) is 3.40. The molecule has 2 heterocycles. The molecule has 0 aromatic carbocycles. The average molecular weight is 204 g/mol. The van der Waals surface area contributed by atoms with Crippen LogP contribution in [0, 0.1) is 0 Å². The molecular weight excluding hydrogens is 192 g/mol. The fourth-order valence-electron chi connectivity index (χ4n) is 1.25. The van der Waals surface area contributed by atoms with Gasteiger partial charge in [-0.05, 0) is 24.6 Å². The second-order valence-electron chi connectivity index (χ2n) is 3.40. The van der Waals surface area contributed by atoms with Gasteiger partial charge in [0.05, 0.1) is 0 Å². The molecule has 0 atom stereocenters. The SMILES string of the molecule is CC(C(=O)Nc1cccnn1)=C1CNC1. The number of anilines is 1. The molecule has 0 aliphatic carbocycles. The Kier molecular flexibility index (Phi) is 2.73. The zero-order valence-corrected chi connectivity index (χ0v) is 8.45. The molecule has 1 fully saturated rings. The van der Waals surface area contributed by atoms with E-state index >= 15 is 0 Å². The third-order valence-corrected chi connectivity index (χ3v) is 2.36. The molecule has 1 saturated heterocycles. The molecule has 2 rings (SSSR count). The minimum absolute atomic E-state index is 0.105. The van der Waals surface area contributed by atoms with Crippen molar-refractivity contribution >= 4 is 11.7 Å². The highest BCUT2D eigenvalue weighted by Crippen LogP contribution is 2.10. The number of aromatic nitrogens is 2. The lowest BCUT2D eigenvalue weighted by Crippen LogP contribution is -2.36. The number of rotatable bonds is 2. The molecule has 0 saturated carbocycles. The molecule has 0 bridgehead atoms. The van der Waals surface area contributed by atoms with E-state index in [2.05, 4.69) is 20.8 Å². The van der Waals surface area contributed by atoms with Crippen molar-refractivity contribution in [3.05, 3.63) is 29.5 Å². The van der Waals surface area contributed by atoms with Crippen molar-refractivity contribution in [3.63, 3.8) is 0 Å². The Hall–Kier alpha value is -1.75. The van der Waals surface area contributed by atoms with Crippen LogP contribution < -0.4 is 10.6 Å². The molecule has 5 nitrogen and oxygen atoms in total. The van der Waals surface area contributed by atoms with Crippen LogP contribution in [0.2, 0.25) is 0 Å². The molecule has 15 heavy (non-hydrogen) atoms. The van der Waals surface area contributed by atoms with Crippen LogP contribution in [0.5, 0.6) is 0 Å². The molecule has 1 aromatic heterocycles. The number of hydrogen-bond donors (Lipinski definition) is 2. The molecule has 0 spiro atoms. The van der Waals surface area contributed by atoms with Gasteiger partial charge in [-0.3, -0.25) is 4.79 Å². The molecule has 0 unspecified atom stereocenters. The van der Waals surface area contributed by atoms with E-state index in [0.29, 0.717) is 5.82 Å². The van der Waals surface area contributed by atoms with E-state index in [4.69, 9.17) is 0 Å². The van der Waals surface area contributed by atoms with Gasteiger partial charge in [0, 0.05) is 24.9 Å². The summed E-state index contributed by atoms with van der Waals surface area (Å²) in [5.74, 6) is 0.377. The lowest BCUT2D eigenvalue weighted by Gasteiger charge is -2.21. The van der Waals surface area contributed by atoms with Crippen LogP contribution in [0.3, 0.4) is 0 Å². The molecule has 0 radical (unpaired) electrons. The zero-order chi connectivity index (χ0) is 10.7. The van der Waals surface area contributed by atoms with Gasteiger partial charge in [0.1, 0.15) is 0 Å². The Morgan fingerprint density at radius 3 is 2.87 bits per heavy atom. The first kappa shape index (κ1) is 9.79. The highest BCUT2D eigenvalue weighted by molar-refractivity contribution is 6.03. The Morgan fingerprint density at radius 1 is 1.53 bits per heavy atom. The fourth-order valence-corrected chi connectivity index (χ4v) is 1.25. The molecular formula is C10H12N4O. The standard InChI is InChI=1S/C10H12N4O/c1-7(8-5-11-6-8)10(15)13-9-3-2-4-12-14-9/h2-4,11H,5-6H2,1H3,(H,13,14,15). The number of nitrogens with one attached hydrogen (secondary N) is 2. The predicted molar refractivity (Wildman–Crippen MR) is 56.2 cm³/mol. The first-order chi connectivity index (χ1) is 7.27. The van der Waals surface area contributed by atoms with Gasteiger partial charge in [0.15, 0.2) is 5.82 Å². The maximum atomic E-state index is 11.7. The number of carbonyl (C=O) groups is 1. The van der Waals surface area contributed by atoms with Gasteiger partial charge in [0.25, 0.3) is 5.91 Å². The summed E-state index contributed by atoms with van der Waals surface area (Å²) in [6.07, 6.45) is 1.57. The van der Waals surface area contributed by atoms with Gasteiger partial charge in [0.2, 0.25) is 0 Å². The minimum atomic E-state index is -0.105. The van der Waals surface area contributed by atoms with E-state index in [1.807, 2.05) is 6.92 Å².